The third-order valence-electron chi connectivity index (χ3n) is 1.88. The Morgan fingerprint density at radius 2 is 2.31 bits per heavy atom. The van der Waals surface area contributed by atoms with Gasteiger partial charge in [-0.3, -0.25) is 4.79 Å². The molecule has 1 aromatic heterocycles. The SMILES string of the molecule is C/C=C(/CC)C(=O)c1cscc1Br. The second-order valence-corrected chi connectivity index (χ2v) is 4.23. The van der Waals surface area contributed by atoms with E-state index in [-0.39, 0.29) is 5.78 Å². The molecule has 0 bridgehead atoms. The van der Waals surface area contributed by atoms with Crippen molar-refractivity contribution in [3.8, 4) is 0 Å². The average Bonchev–Trinajstić information content (AvgIpc) is 2.53. The summed E-state index contributed by atoms with van der Waals surface area (Å²) in [6, 6.07) is 0. The smallest absolute Gasteiger partial charge is 0.190 e. The lowest BCUT2D eigenvalue weighted by molar-refractivity contribution is 0.103. The Bertz CT molecular complexity index is 338. The van der Waals surface area contributed by atoms with Crippen LogP contribution in [-0.2, 0) is 0 Å². The summed E-state index contributed by atoms with van der Waals surface area (Å²) in [5.41, 5.74) is 1.65. The van der Waals surface area contributed by atoms with E-state index in [1.165, 1.54) is 11.3 Å². The summed E-state index contributed by atoms with van der Waals surface area (Å²) in [6.45, 7) is 3.89. The first kappa shape index (κ1) is 10.7. The van der Waals surface area contributed by atoms with Gasteiger partial charge in [-0.1, -0.05) is 13.0 Å². The Morgan fingerprint density at radius 1 is 1.62 bits per heavy atom. The molecule has 1 aromatic rings. The highest BCUT2D eigenvalue weighted by Crippen LogP contribution is 2.24. The molecule has 0 aliphatic heterocycles. The van der Waals surface area contributed by atoms with E-state index in [0.29, 0.717) is 0 Å². The molecule has 13 heavy (non-hydrogen) atoms. The van der Waals surface area contributed by atoms with Crippen LogP contribution >= 0.6 is 27.3 Å². The minimum Gasteiger partial charge on any atom is -0.289 e. The largest absolute Gasteiger partial charge is 0.289 e. The Hall–Kier alpha value is -0.410. The van der Waals surface area contributed by atoms with Crippen LogP contribution in [0.5, 0.6) is 0 Å². The van der Waals surface area contributed by atoms with E-state index in [4.69, 9.17) is 0 Å². The summed E-state index contributed by atoms with van der Waals surface area (Å²) in [6.07, 6.45) is 2.67. The van der Waals surface area contributed by atoms with E-state index in [1.807, 2.05) is 30.7 Å². The highest BCUT2D eigenvalue weighted by Gasteiger charge is 2.13. The van der Waals surface area contributed by atoms with Gasteiger partial charge in [0.1, 0.15) is 0 Å². The normalized spacial score (nSPS) is 11.8. The third-order valence-corrected chi connectivity index (χ3v) is 3.58. The molecule has 0 amide bonds. The molecule has 1 nitrogen and oxygen atoms in total. The van der Waals surface area contributed by atoms with Gasteiger partial charge in [-0.25, -0.2) is 0 Å². The molecule has 70 valence electrons. The van der Waals surface area contributed by atoms with E-state index in [2.05, 4.69) is 15.9 Å². The van der Waals surface area contributed by atoms with Gasteiger partial charge < -0.3 is 0 Å². The maximum Gasteiger partial charge on any atom is 0.190 e. The molecular formula is C10H11BrOS. The van der Waals surface area contributed by atoms with Crippen molar-refractivity contribution >= 4 is 33.0 Å². The van der Waals surface area contributed by atoms with Gasteiger partial charge in [0.25, 0.3) is 0 Å². The molecule has 0 saturated carbocycles. The summed E-state index contributed by atoms with van der Waals surface area (Å²) in [4.78, 5) is 11.8. The third kappa shape index (κ3) is 2.29. The second-order valence-electron chi connectivity index (χ2n) is 2.63. The number of rotatable bonds is 3. The topological polar surface area (TPSA) is 17.1 Å². The average molecular weight is 259 g/mol. The number of ketones is 1. The van der Waals surface area contributed by atoms with Crippen molar-refractivity contribution < 1.29 is 4.79 Å². The lowest BCUT2D eigenvalue weighted by atomic mass is 10.0. The van der Waals surface area contributed by atoms with Crippen molar-refractivity contribution in [1.29, 1.82) is 0 Å². The fraction of sp³-hybridized carbons (Fsp3) is 0.300. The van der Waals surface area contributed by atoms with Crippen molar-refractivity contribution in [2.24, 2.45) is 0 Å². The number of halogens is 1. The van der Waals surface area contributed by atoms with Gasteiger partial charge in [-0.05, 0) is 34.8 Å². The van der Waals surface area contributed by atoms with E-state index in [9.17, 15) is 4.79 Å². The van der Waals surface area contributed by atoms with Crippen LogP contribution in [0.2, 0.25) is 0 Å². The fourth-order valence-electron chi connectivity index (χ4n) is 1.11. The van der Waals surface area contributed by atoms with Crippen LogP contribution in [0.25, 0.3) is 0 Å². The minimum absolute atomic E-state index is 0.137. The number of thiophene rings is 1. The van der Waals surface area contributed by atoms with Gasteiger partial charge in [0, 0.05) is 20.8 Å². The summed E-state index contributed by atoms with van der Waals surface area (Å²) in [5, 5.41) is 3.81. The van der Waals surface area contributed by atoms with E-state index in [0.717, 1.165) is 22.0 Å². The predicted molar refractivity (Wildman–Crippen MR) is 60.4 cm³/mol. The summed E-state index contributed by atoms with van der Waals surface area (Å²) in [7, 11) is 0. The Kier molecular flexibility index (Phi) is 3.88. The molecular weight excluding hydrogens is 248 g/mol. The second kappa shape index (κ2) is 4.72. The zero-order valence-electron chi connectivity index (χ0n) is 7.63. The van der Waals surface area contributed by atoms with Gasteiger partial charge in [0.2, 0.25) is 0 Å². The lowest BCUT2D eigenvalue weighted by Crippen LogP contribution is -2.01. The Morgan fingerprint density at radius 3 is 2.69 bits per heavy atom. The quantitative estimate of drug-likeness (QED) is 0.591. The van der Waals surface area contributed by atoms with Gasteiger partial charge in [0.15, 0.2) is 5.78 Å². The highest BCUT2D eigenvalue weighted by atomic mass is 79.9. The van der Waals surface area contributed by atoms with Gasteiger partial charge in [0.05, 0.1) is 0 Å². The van der Waals surface area contributed by atoms with E-state index < -0.39 is 0 Å². The predicted octanol–water partition coefficient (Wildman–Crippen LogP) is 4.05. The number of allylic oxidation sites excluding steroid dienone is 2. The minimum atomic E-state index is 0.137. The molecule has 1 rings (SSSR count). The maximum atomic E-state index is 11.8. The molecule has 1 heterocycles. The van der Waals surface area contributed by atoms with Crippen LogP contribution in [0.15, 0.2) is 26.9 Å². The van der Waals surface area contributed by atoms with Gasteiger partial charge in [-0.2, -0.15) is 11.3 Å². The number of carbonyl (C=O) groups excluding carboxylic acids is 1. The maximum absolute atomic E-state index is 11.8. The molecule has 0 atom stereocenters. The van der Waals surface area contributed by atoms with Crippen LogP contribution in [-0.4, -0.2) is 5.78 Å². The van der Waals surface area contributed by atoms with Crippen molar-refractivity contribution in [2.45, 2.75) is 20.3 Å². The molecule has 3 heteroatoms. The molecule has 0 unspecified atom stereocenters. The van der Waals surface area contributed by atoms with Crippen LogP contribution in [0.1, 0.15) is 30.6 Å². The summed E-state index contributed by atoms with van der Waals surface area (Å²) >= 11 is 4.89. The van der Waals surface area contributed by atoms with Crippen molar-refractivity contribution in [3.05, 3.63) is 32.4 Å². The number of hydrogen-bond donors (Lipinski definition) is 0. The Labute approximate surface area is 90.6 Å². The van der Waals surface area contributed by atoms with E-state index in [1.54, 1.807) is 0 Å². The van der Waals surface area contributed by atoms with Crippen LogP contribution in [0, 0.1) is 0 Å². The molecule has 0 aliphatic rings. The Balaban J connectivity index is 2.98. The van der Waals surface area contributed by atoms with Crippen molar-refractivity contribution in [2.75, 3.05) is 0 Å². The zero-order valence-corrected chi connectivity index (χ0v) is 10.0. The first-order chi connectivity index (χ1) is 6.20. The van der Waals surface area contributed by atoms with Crippen LogP contribution < -0.4 is 0 Å². The van der Waals surface area contributed by atoms with E-state index >= 15 is 0 Å². The van der Waals surface area contributed by atoms with Gasteiger partial charge in [-0.15, -0.1) is 0 Å². The molecule has 0 spiro atoms. The van der Waals surface area contributed by atoms with Crippen molar-refractivity contribution in [3.63, 3.8) is 0 Å². The molecule has 0 saturated heterocycles. The number of Topliss-reactive ketones (excluding diaryl/α,β-unsaturated/α-hetero) is 1. The first-order valence-electron chi connectivity index (χ1n) is 4.12. The first-order valence-corrected chi connectivity index (χ1v) is 5.85. The monoisotopic (exact) mass is 258 g/mol. The van der Waals surface area contributed by atoms with Crippen LogP contribution in [0.4, 0.5) is 0 Å². The lowest BCUT2D eigenvalue weighted by Gasteiger charge is -2.00. The molecule has 0 fully saturated rings. The summed E-state index contributed by atoms with van der Waals surface area (Å²) < 4.78 is 0.898. The molecule has 0 aliphatic carbocycles. The van der Waals surface area contributed by atoms with Crippen molar-refractivity contribution in [1.82, 2.24) is 0 Å². The highest BCUT2D eigenvalue weighted by molar-refractivity contribution is 9.10. The number of carbonyl (C=O) groups is 1. The standard InChI is InChI=1S/C10H11BrOS/c1-3-7(4-2)10(12)8-5-13-6-9(8)11/h3,5-6H,4H2,1-2H3/b7-3-. The van der Waals surface area contributed by atoms with Crippen LogP contribution in [0.3, 0.4) is 0 Å². The summed E-state index contributed by atoms with van der Waals surface area (Å²) in [5.74, 6) is 0.137. The molecule has 0 N–H and O–H groups in total. The number of hydrogen-bond acceptors (Lipinski definition) is 2. The molecule has 0 radical (unpaired) electrons. The van der Waals surface area contributed by atoms with Gasteiger partial charge >= 0.3 is 0 Å². The zero-order chi connectivity index (χ0) is 9.84. The molecule has 0 aromatic carbocycles. The fourth-order valence-corrected chi connectivity index (χ4v) is 2.57.